The number of ether oxygens (including phenoxy) is 3. The second kappa shape index (κ2) is 11.9. The van der Waals surface area contributed by atoms with Crippen LogP contribution in [0.3, 0.4) is 0 Å². The first-order valence-electron chi connectivity index (χ1n) is 16.5. The summed E-state index contributed by atoms with van der Waals surface area (Å²) in [5.41, 5.74) is 3.02. The lowest BCUT2D eigenvalue weighted by molar-refractivity contribution is -0.139. The highest BCUT2D eigenvalue weighted by atomic mass is 32.2. The number of amidine groups is 1. The SMILES string of the molecule is COC1CCC2(CC1)Cc1ccc(CCC3CC3)cc1C21N=C(SCC2CCOCC2)N(CC2CCOCC2)C1=O. The van der Waals surface area contributed by atoms with Crippen molar-refractivity contribution in [3.63, 3.8) is 0 Å². The van der Waals surface area contributed by atoms with E-state index in [9.17, 15) is 0 Å². The Bertz CT molecular complexity index is 1130. The van der Waals surface area contributed by atoms with E-state index < -0.39 is 5.54 Å². The number of methoxy groups -OCH3 is 1. The van der Waals surface area contributed by atoms with Crippen LogP contribution in [0.5, 0.6) is 0 Å². The zero-order valence-corrected chi connectivity index (χ0v) is 25.7. The fourth-order valence-electron chi connectivity index (χ4n) is 8.36. The summed E-state index contributed by atoms with van der Waals surface area (Å²) in [6.45, 7) is 4.08. The van der Waals surface area contributed by atoms with Crippen LogP contribution >= 0.6 is 11.8 Å². The topological polar surface area (TPSA) is 60.4 Å². The normalized spacial score (nSPS) is 32.7. The lowest BCUT2D eigenvalue weighted by Gasteiger charge is -2.45. The highest BCUT2D eigenvalue weighted by molar-refractivity contribution is 8.13. The molecule has 0 N–H and O–H groups in total. The molecule has 1 unspecified atom stereocenters. The van der Waals surface area contributed by atoms with E-state index in [1.807, 2.05) is 18.9 Å². The summed E-state index contributed by atoms with van der Waals surface area (Å²) in [5, 5.41) is 0.984. The number of aryl methyl sites for hydroxylation is 1. The van der Waals surface area contributed by atoms with Crippen LogP contribution in [0.1, 0.15) is 87.3 Å². The number of nitrogens with zero attached hydrogens (tertiary/aromatic N) is 2. The van der Waals surface area contributed by atoms with E-state index in [2.05, 4.69) is 23.1 Å². The molecule has 0 bridgehead atoms. The Morgan fingerprint density at radius 3 is 2.34 bits per heavy atom. The predicted octanol–water partition coefficient (Wildman–Crippen LogP) is 6.14. The summed E-state index contributed by atoms with van der Waals surface area (Å²) in [7, 11) is 1.84. The van der Waals surface area contributed by atoms with E-state index in [0.29, 0.717) is 11.8 Å². The molecule has 1 aromatic carbocycles. The second-order valence-electron chi connectivity index (χ2n) is 13.8. The minimum atomic E-state index is -0.792. The summed E-state index contributed by atoms with van der Waals surface area (Å²) >= 11 is 1.85. The molecule has 2 spiro atoms. The number of benzene rings is 1. The molecule has 6 nitrogen and oxygen atoms in total. The Kier molecular flexibility index (Phi) is 8.26. The van der Waals surface area contributed by atoms with Gasteiger partial charge in [-0.1, -0.05) is 42.8 Å². The lowest BCUT2D eigenvalue weighted by atomic mass is 9.61. The number of rotatable bonds is 8. The van der Waals surface area contributed by atoms with Crippen LogP contribution in [0, 0.1) is 23.2 Å². The molecule has 4 fully saturated rings. The first-order chi connectivity index (χ1) is 20.1. The number of hydrogen-bond acceptors (Lipinski definition) is 6. The maximum Gasteiger partial charge on any atom is 0.261 e. The van der Waals surface area contributed by atoms with Gasteiger partial charge in [-0.25, -0.2) is 4.99 Å². The number of carbonyl (C=O) groups is 1. The average molecular weight is 581 g/mol. The summed E-state index contributed by atoms with van der Waals surface area (Å²) in [4.78, 5) is 23.0. The number of amides is 1. The monoisotopic (exact) mass is 580 g/mol. The minimum Gasteiger partial charge on any atom is -0.381 e. The number of carbonyl (C=O) groups excluding carboxylic acids is 1. The third-order valence-corrected chi connectivity index (χ3v) is 12.4. The van der Waals surface area contributed by atoms with E-state index >= 15 is 4.79 Å². The Hall–Kier alpha value is -1.41. The minimum absolute atomic E-state index is 0.161. The third kappa shape index (κ3) is 5.42. The molecule has 3 aliphatic carbocycles. The highest BCUT2D eigenvalue weighted by Gasteiger charge is 2.67. The van der Waals surface area contributed by atoms with Crippen molar-refractivity contribution in [1.82, 2.24) is 4.90 Å². The summed E-state index contributed by atoms with van der Waals surface area (Å²) in [5.74, 6) is 3.28. The molecule has 0 aromatic heterocycles. The zero-order valence-electron chi connectivity index (χ0n) is 24.9. The van der Waals surface area contributed by atoms with Gasteiger partial charge in [0, 0.05) is 51.2 Å². The standard InChI is InChI=1S/C34H48N2O4S/c1-38-29-8-14-33(15-9-29)21-28-7-6-25(5-4-24-2-3-24)20-30(28)34(33)31(37)36(22-26-10-16-39-17-11-26)32(35-34)41-23-27-12-18-40-19-13-27/h6-7,20,24,26-27,29H,2-5,8-19,21-23H2,1H3. The number of thioether (sulfide) groups is 1. The van der Waals surface area contributed by atoms with E-state index in [0.717, 1.165) is 114 Å². The molecular formula is C34H48N2O4S. The van der Waals surface area contributed by atoms with Crippen molar-refractivity contribution in [1.29, 1.82) is 0 Å². The molecule has 6 aliphatic rings. The molecule has 41 heavy (non-hydrogen) atoms. The van der Waals surface area contributed by atoms with Gasteiger partial charge in [-0.2, -0.15) is 0 Å². The predicted molar refractivity (Wildman–Crippen MR) is 163 cm³/mol. The van der Waals surface area contributed by atoms with Gasteiger partial charge < -0.3 is 14.2 Å². The number of hydrogen-bond donors (Lipinski definition) is 0. The molecular weight excluding hydrogens is 532 g/mol. The van der Waals surface area contributed by atoms with E-state index in [-0.39, 0.29) is 17.4 Å². The molecule has 1 amide bonds. The molecule has 1 atom stereocenters. The summed E-state index contributed by atoms with van der Waals surface area (Å²) < 4.78 is 17.2. The quantitative estimate of drug-likeness (QED) is 0.370. The molecule has 3 aliphatic heterocycles. The Morgan fingerprint density at radius 1 is 0.951 bits per heavy atom. The van der Waals surface area contributed by atoms with Gasteiger partial charge in [-0.05, 0) is 105 Å². The van der Waals surface area contributed by atoms with Crippen LogP contribution in [-0.2, 0) is 37.4 Å². The van der Waals surface area contributed by atoms with E-state index in [1.165, 1.54) is 36.0 Å². The second-order valence-corrected chi connectivity index (χ2v) is 14.8. The molecule has 2 saturated carbocycles. The third-order valence-electron chi connectivity index (χ3n) is 11.2. The summed E-state index contributed by atoms with van der Waals surface area (Å²) in [6, 6.07) is 7.11. The van der Waals surface area contributed by atoms with Gasteiger partial charge in [-0.15, -0.1) is 0 Å². The first kappa shape index (κ1) is 28.4. The molecule has 7 rings (SSSR count). The smallest absolute Gasteiger partial charge is 0.261 e. The van der Waals surface area contributed by atoms with Crippen molar-refractivity contribution in [3.8, 4) is 0 Å². The fraction of sp³-hybridized carbons (Fsp3) is 0.765. The largest absolute Gasteiger partial charge is 0.381 e. The van der Waals surface area contributed by atoms with Gasteiger partial charge >= 0.3 is 0 Å². The molecule has 1 aromatic rings. The molecule has 7 heteroatoms. The van der Waals surface area contributed by atoms with Crippen molar-refractivity contribution in [2.75, 3.05) is 45.8 Å². The summed E-state index contributed by atoms with van der Waals surface area (Å²) in [6.07, 6.45) is 14.7. The van der Waals surface area contributed by atoms with Crippen molar-refractivity contribution in [2.24, 2.45) is 28.2 Å². The van der Waals surface area contributed by atoms with Crippen molar-refractivity contribution < 1.29 is 19.0 Å². The molecule has 224 valence electrons. The van der Waals surface area contributed by atoms with Gasteiger partial charge in [0.1, 0.15) is 0 Å². The van der Waals surface area contributed by atoms with Gasteiger partial charge in [0.25, 0.3) is 5.91 Å². The average Bonchev–Trinajstić information content (AvgIpc) is 3.76. The van der Waals surface area contributed by atoms with Crippen LogP contribution in [-0.4, -0.2) is 67.9 Å². The highest BCUT2D eigenvalue weighted by Crippen LogP contribution is 2.62. The van der Waals surface area contributed by atoms with Gasteiger partial charge in [0.05, 0.1) is 6.10 Å². The van der Waals surface area contributed by atoms with Crippen LogP contribution in [0.4, 0.5) is 0 Å². The van der Waals surface area contributed by atoms with Crippen LogP contribution in [0.15, 0.2) is 23.2 Å². The Balaban J connectivity index is 1.26. The fourth-order valence-corrected chi connectivity index (χ4v) is 9.60. The molecule has 2 saturated heterocycles. The van der Waals surface area contributed by atoms with E-state index in [1.54, 1.807) is 0 Å². The lowest BCUT2D eigenvalue weighted by Crippen LogP contribution is -2.52. The van der Waals surface area contributed by atoms with Gasteiger partial charge in [0.2, 0.25) is 0 Å². The molecule has 0 radical (unpaired) electrons. The van der Waals surface area contributed by atoms with Crippen LogP contribution < -0.4 is 0 Å². The van der Waals surface area contributed by atoms with Gasteiger partial charge in [-0.3, -0.25) is 9.69 Å². The van der Waals surface area contributed by atoms with Crippen LogP contribution in [0.25, 0.3) is 0 Å². The first-order valence-corrected chi connectivity index (χ1v) is 17.4. The Morgan fingerprint density at radius 2 is 1.66 bits per heavy atom. The van der Waals surface area contributed by atoms with E-state index in [4.69, 9.17) is 19.2 Å². The maximum absolute atomic E-state index is 15.2. The van der Waals surface area contributed by atoms with Crippen molar-refractivity contribution in [3.05, 3.63) is 34.9 Å². The van der Waals surface area contributed by atoms with Crippen molar-refractivity contribution in [2.45, 2.75) is 95.1 Å². The maximum atomic E-state index is 15.2. The number of aliphatic imine (C=N–C) groups is 1. The van der Waals surface area contributed by atoms with Gasteiger partial charge in [0.15, 0.2) is 10.7 Å². The Labute approximate surface area is 250 Å². The molecule has 3 heterocycles. The number of fused-ring (bicyclic) bond motifs is 3. The van der Waals surface area contributed by atoms with Crippen LogP contribution in [0.2, 0.25) is 0 Å². The zero-order chi connectivity index (χ0) is 27.9. The van der Waals surface area contributed by atoms with Crippen molar-refractivity contribution >= 4 is 22.8 Å².